The molecular weight excluding hydrogens is 425 g/mol. The molecule has 0 aliphatic carbocycles. The summed E-state index contributed by atoms with van der Waals surface area (Å²) in [6.07, 6.45) is 0.768. The van der Waals surface area contributed by atoms with Crippen LogP contribution in [-0.2, 0) is 26.0 Å². The van der Waals surface area contributed by atoms with Gasteiger partial charge in [-0.05, 0) is 48.4 Å². The fourth-order valence-corrected chi connectivity index (χ4v) is 4.24. The molecule has 0 aromatic heterocycles. The Labute approximate surface area is 172 Å². The number of sulfonamides is 1. The number of aryl methyl sites for hydroxylation is 1. The summed E-state index contributed by atoms with van der Waals surface area (Å²) in [5.74, 6) is -0.617. The van der Waals surface area contributed by atoms with Crippen molar-refractivity contribution in [2.45, 2.75) is 17.7 Å². The number of benzene rings is 2. The molecule has 1 heterocycles. The van der Waals surface area contributed by atoms with Crippen molar-refractivity contribution in [1.82, 2.24) is 4.31 Å². The standard InChI is InChI=1S/C18H17Cl2N3O4S/c1-23(10-18(25)21-12-3-5-14(19)15(20)9-12)28(26,27)13-4-6-16-11(8-13)2-7-17(24)22-16/h3-6,8-9H,2,7,10H2,1H3,(H,21,25)(H,22,24). The van der Waals surface area contributed by atoms with Gasteiger partial charge < -0.3 is 10.6 Å². The average Bonchev–Trinajstić information content (AvgIpc) is 2.64. The molecule has 0 unspecified atom stereocenters. The van der Waals surface area contributed by atoms with Crippen LogP contribution in [0.4, 0.5) is 11.4 Å². The number of fused-ring (bicyclic) bond motifs is 1. The summed E-state index contributed by atoms with van der Waals surface area (Å²) in [6.45, 7) is -0.379. The molecule has 2 aromatic rings. The van der Waals surface area contributed by atoms with E-state index in [1.165, 1.54) is 31.3 Å². The highest BCUT2D eigenvalue weighted by molar-refractivity contribution is 7.89. The molecule has 0 saturated carbocycles. The number of hydrogen-bond donors (Lipinski definition) is 2. The quantitative estimate of drug-likeness (QED) is 0.744. The maximum Gasteiger partial charge on any atom is 0.243 e. The molecule has 10 heteroatoms. The molecule has 2 N–H and O–H groups in total. The first kappa shape index (κ1) is 20.6. The van der Waals surface area contributed by atoms with E-state index < -0.39 is 15.9 Å². The zero-order valence-electron chi connectivity index (χ0n) is 14.8. The van der Waals surface area contributed by atoms with Crippen molar-refractivity contribution in [3.63, 3.8) is 0 Å². The zero-order chi connectivity index (χ0) is 20.5. The zero-order valence-corrected chi connectivity index (χ0v) is 17.2. The van der Waals surface area contributed by atoms with Crippen molar-refractivity contribution in [3.05, 3.63) is 52.0 Å². The Bertz CT molecular complexity index is 1060. The second-order valence-electron chi connectivity index (χ2n) is 6.31. The molecule has 0 spiro atoms. The lowest BCUT2D eigenvalue weighted by Crippen LogP contribution is -2.35. The van der Waals surface area contributed by atoms with Crippen molar-refractivity contribution in [2.75, 3.05) is 24.2 Å². The predicted molar refractivity (Wildman–Crippen MR) is 108 cm³/mol. The highest BCUT2D eigenvalue weighted by atomic mass is 35.5. The highest BCUT2D eigenvalue weighted by Crippen LogP contribution is 2.27. The highest BCUT2D eigenvalue weighted by Gasteiger charge is 2.25. The molecule has 3 rings (SSSR count). The van der Waals surface area contributed by atoms with E-state index >= 15 is 0 Å². The first-order valence-electron chi connectivity index (χ1n) is 8.31. The third-order valence-corrected chi connectivity index (χ3v) is 6.79. The second-order valence-corrected chi connectivity index (χ2v) is 9.16. The summed E-state index contributed by atoms with van der Waals surface area (Å²) < 4.78 is 26.5. The van der Waals surface area contributed by atoms with Gasteiger partial charge in [0.2, 0.25) is 21.8 Å². The molecule has 0 bridgehead atoms. The first-order chi connectivity index (χ1) is 13.2. The summed E-state index contributed by atoms with van der Waals surface area (Å²) >= 11 is 11.7. The summed E-state index contributed by atoms with van der Waals surface area (Å²) in [7, 11) is -2.55. The maximum atomic E-state index is 12.8. The Morgan fingerprint density at radius 1 is 1.14 bits per heavy atom. The van der Waals surface area contributed by atoms with Crippen LogP contribution in [0.2, 0.25) is 10.0 Å². The van der Waals surface area contributed by atoms with Crippen LogP contribution < -0.4 is 10.6 Å². The van der Waals surface area contributed by atoms with Gasteiger partial charge in [-0.3, -0.25) is 9.59 Å². The van der Waals surface area contributed by atoms with E-state index in [-0.39, 0.29) is 22.4 Å². The topological polar surface area (TPSA) is 95.6 Å². The normalized spacial score (nSPS) is 13.8. The van der Waals surface area contributed by atoms with Crippen molar-refractivity contribution < 1.29 is 18.0 Å². The number of carbonyl (C=O) groups excluding carboxylic acids is 2. The Morgan fingerprint density at radius 3 is 2.61 bits per heavy atom. The minimum absolute atomic E-state index is 0.0623. The van der Waals surface area contributed by atoms with Gasteiger partial charge in [0, 0.05) is 24.8 Å². The van der Waals surface area contributed by atoms with Crippen LogP contribution in [0.3, 0.4) is 0 Å². The van der Waals surface area contributed by atoms with Crippen molar-refractivity contribution in [2.24, 2.45) is 0 Å². The monoisotopic (exact) mass is 441 g/mol. The lowest BCUT2D eigenvalue weighted by Gasteiger charge is -2.20. The molecule has 2 aromatic carbocycles. The average molecular weight is 442 g/mol. The molecular formula is C18H17Cl2N3O4S. The van der Waals surface area contributed by atoms with E-state index in [1.807, 2.05) is 0 Å². The molecule has 0 fully saturated rings. The van der Waals surface area contributed by atoms with Crippen LogP contribution >= 0.6 is 23.2 Å². The largest absolute Gasteiger partial charge is 0.326 e. The minimum atomic E-state index is -3.88. The van der Waals surface area contributed by atoms with Gasteiger partial charge >= 0.3 is 0 Å². The van der Waals surface area contributed by atoms with Crippen LogP contribution in [-0.4, -0.2) is 38.1 Å². The maximum absolute atomic E-state index is 12.8. The number of carbonyl (C=O) groups is 2. The van der Waals surface area contributed by atoms with E-state index in [0.717, 1.165) is 9.87 Å². The van der Waals surface area contributed by atoms with Gasteiger partial charge in [0.05, 0.1) is 21.5 Å². The van der Waals surface area contributed by atoms with Gasteiger partial charge in [-0.1, -0.05) is 23.2 Å². The van der Waals surface area contributed by atoms with Gasteiger partial charge in [-0.25, -0.2) is 8.42 Å². The van der Waals surface area contributed by atoms with Crippen molar-refractivity contribution in [3.8, 4) is 0 Å². The van der Waals surface area contributed by atoms with Crippen molar-refractivity contribution in [1.29, 1.82) is 0 Å². The SMILES string of the molecule is CN(CC(=O)Nc1ccc(Cl)c(Cl)c1)S(=O)(=O)c1ccc2c(c1)CCC(=O)N2. The van der Waals surface area contributed by atoms with Crippen LogP contribution in [0.25, 0.3) is 0 Å². The molecule has 2 amide bonds. The van der Waals surface area contributed by atoms with E-state index in [2.05, 4.69) is 10.6 Å². The minimum Gasteiger partial charge on any atom is -0.326 e. The first-order valence-corrected chi connectivity index (χ1v) is 10.5. The summed E-state index contributed by atoms with van der Waals surface area (Å²) in [5, 5.41) is 5.92. The molecule has 1 aliphatic heterocycles. The van der Waals surface area contributed by atoms with Crippen LogP contribution in [0.1, 0.15) is 12.0 Å². The molecule has 148 valence electrons. The van der Waals surface area contributed by atoms with Crippen LogP contribution in [0, 0.1) is 0 Å². The fourth-order valence-electron chi connectivity index (χ4n) is 2.76. The molecule has 28 heavy (non-hydrogen) atoms. The molecule has 0 atom stereocenters. The number of halogens is 2. The number of likely N-dealkylation sites (N-methyl/N-ethyl adjacent to an activating group) is 1. The van der Waals surface area contributed by atoms with Crippen LogP contribution in [0.15, 0.2) is 41.3 Å². The fraction of sp³-hybridized carbons (Fsp3) is 0.222. The summed E-state index contributed by atoms with van der Waals surface area (Å²) in [5.41, 5.74) is 1.76. The Hall–Kier alpha value is -2.13. The number of nitrogens with zero attached hydrogens (tertiary/aromatic N) is 1. The molecule has 0 radical (unpaired) electrons. The van der Waals surface area contributed by atoms with E-state index in [4.69, 9.17) is 23.2 Å². The number of nitrogens with one attached hydrogen (secondary N) is 2. The Kier molecular flexibility index (Phi) is 5.95. The van der Waals surface area contributed by atoms with Gasteiger partial charge in [-0.15, -0.1) is 0 Å². The number of amides is 2. The Morgan fingerprint density at radius 2 is 1.89 bits per heavy atom. The molecule has 0 saturated heterocycles. The lowest BCUT2D eigenvalue weighted by atomic mass is 10.0. The predicted octanol–water partition coefficient (Wildman–Crippen LogP) is 3.14. The third kappa shape index (κ3) is 4.47. The van der Waals surface area contributed by atoms with Crippen LogP contribution in [0.5, 0.6) is 0 Å². The smallest absolute Gasteiger partial charge is 0.243 e. The van der Waals surface area contributed by atoms with Gasteiger partial charge in [0.25, 0.3) is 0 Å². The Balaban J connectivity index is 1.72. The van der Waals surface area contributed by atoms with Gasteiger partial charge in [0.1, 0.15) is 0 Å². The third-order valence-electron chi connectivity index (χ3n) is 4.25. The van der Waals surface area contributed by atoms with E-state index in [1.54, 1.807) is 12.1 Å². The molecule has 1 aliphatic rings. The number of hydrogen-bond acceptors (Lipinski definition) is 4. The molecule has 7 nitrogen and oxygen atoms in total. The summed E-state index contributed by atoms with van der Waals surface area (Å²) in [6, 6.07) is 9.08. The van der Waals surface area contributed by atoms with Crippen molar-refractivity contribution >= 4 is 56.4 Å². The summed E-state index contributed by atoms with van der Waals surface area (Å²) in [4.78, 5) is 23.7. The number of rotatable bonds is 5. The number of anilines is 2. The van der Waals surface area contributed by atoms with Gasteiger partial charge in [0.15, 0.2) is 0 Å². The van der Waals surface area contributed by atoms with E-state index in [9.17, 15) is 18.0 Å². The van der Waals surface area contributed by atoms with E-state index in [0.29, 0.717) is 29.2 Å². The lowest BCUT2D eigenvalue weighted by molar-refractivity contribution is -0.117. The second kappa shape index (κ2) is 8.08. The van der Waals surface area contributed by atoms with Gasteiger partial charge in [-0.2, -0.15) is 4.31 Å².